The fourth-order valence-corrected chi connectivity index (χ4v) is 2.02. The summed E-state index contributed by atoms with van der Waals surface area (Å²) in [6.45, 7) is 3.74. The highest BCUT2D eigenvalue weighted by Gasteiger charge is 2.14. The van der Waals surface area contributed by atoms with Crippen molar-refractivity contribution < 1.29 is 4.52 Å². The molecule has 5 heteroatoms. The molecule has 0 aliphatic heterocycles. The Morgan fingerprint density at radius 3 is 2.55 bits per heavy atom. The highest BCUT2D eigenvalue weighted by Crippen LogP contribution is 2.24. The molecule has 2 heterocycles. The van der Waals surface area contributed by atoms with E-state index in [-0.39, 0.29) is 0 Å². The maximum Gasteiger partial charge on any atom is 0.167 e. The fourth-order valence-electron chi connectivity index (χ4n) is 2.02. The maximum atomic E-state index is 5.16. The van der Waals surface area contributed by atoms with Gasteiger partial charge in [-0.05, 0) is 32.0 Å². The molecule has 0 bridgehead atoms. The Balaban J connectivity index is 1.94. The van der Waals surface area contributed by atoms with Crippen LogP contribution in [0.15, 0.2) is 47.1 Å². The first-order valence-electron chi connectivity index (χ1n) is 6.32. The second-order valence-electron chi connectivity index (χ2n) is 4.46. The third-order valence-corrected chi connectivity index (χ3v) is 2.96. The quantitative estimate of drug-likeness (QED) is 0.786. The van der Waals surface area contributed by atoms with Crippen LogP contribution in [0.2, 0.25) is 0 Å². The molecule has 0 aliphatic carbocycles. The van der Waals surface area contributed by atoms with E-state index in [1.807, 2.05) is 50.2 Å². The summed E-state index contributed by atoms with van der Waals surface area (Å²) in [5.41, 5.74) is 2.62. The normalized spacial score (nSPS) is 10.5. The Labute approximate surface area is 116 Å². The molecule has 1 N–H and O–H groups in total. The van der Waals surface area contributed by atoms with Gasteiger partial charge in [-0.3, -0.25) is 0 Å². The summed E-state index contributed by atoms with van der Waals surface area (Å²) < 4.78 is 5.16. The Hall–Kier alpha value is -2.69. The van der Waals surface area contributed by atoms with Crippen LogP contribution in [0, 0.1) is 13.8 Å². The minimum Gasteiger partial charge on any atom is -0.361 e. The van der Waals surface area contributed by atoms with Crippen molar-refractivity contribution in [3.8, 4) is 11.4 Å². The van der Waals surface area contributed by atoms with Gasteiger partial charge in [0.1, 0.15) is 11.6 Å². The van der Waals surface area contributed by atoms with E-state index < -0.39 is 0 Å². The summed E-state index contributed by atoms with van der Waals surface area (Å²) >= 11 is 0. The number of hydrogen-bond donors (Lipinski definition) is 1. The van der Waals surface area contributed by atoms with Crippen molar-refractivity contribution in [3.63, 3.8) is 0 Å². The van der Waals surface area contributed by atoms with Crippen LogP contribution in [0.5, 0.6) is 0 Å². The van der Waals surface area contributed by atoms with Crippen LogP contribution in [-0.2, 0) is 0 Å². The largest absolute Gasteiger partial charge is 0.361 e. The highest BCUT2D eigenvalue weighted by molar-refractivity contribution is 5.63. The molecule has 0 amide bonds. The number of benzene rings is 1. The lowest BCUT2D eigenvalue weighted by molar-refractivity contribution is 0.393. The lowest BCUT2D eigenvalue weighted by Crippen LogP contribution is -1.97. The zero-order valence-corrected chi connectivity index (χ0v) is 11.3. The maximum absolute atomic E-state index is 5.16. The predicted octanol–water partition coefficient (Wildman–Crippen LogP) is 3.49. The van der Waals surface area contributed by atoms with Gasteiger partial charge in [0.25, 0.3) is 0 Å². The van der Waals surface area contributed by atoms with Gasteiger partial charge in [-0.2, -0.15) is 0 Å². The van der Waals surface area contributed by atoms with E-state index in [4.69, 9.17) is 4.52 Å². The van der Waals surface area contributed by atoms with Crippen LogP contribution in [-0.4, -0.2) is 15.1 Å². The van der Waals surface area contributed by atoms with Gasteiger partial charge in [-0.1, -0.05) is 23.4 Å². The van der Waals surface area contributed by atoms with E-state index >= 15 is 0 Å². The summed E-state index contributed by atoms with van der Waals surface area (Å²) in [5, 5.41) is 7.17. The lowest BCUT2D eigenvalue weighted by Gasteiger charge is -2.06. The molecule has 100 valence electrons. The van der Waals surface area contributed by atoms with Crippen LogP contribution < -0.4 is 5.32 Å². The molecule has 0 atom stereocenters. The summed E-state index contributed by atoms with van der Waals surface area (Å²) in [6, 6.07) is 11.7. The molecule has 1 aromatic carbocycles. The smallest absolute Gasteiger partial charge is 0.167 e. The van der Waals surface area contributed by atoms with Crippen LogP contribution in [0.4, 0.5) is 11.5 Å². The average molecular weight is 266 g/mol. The molecule has 0 spiro atoms. The van der Waals surface area contributed by atoms with E-state index in [0.717, 1.165) is 28.5 Å². The number of para-hydroxylation sites is 1. The SMILES string of the molecule is Cc1noc(C)c1-c1nccc(Nc2ccccc2)n1. The number of aryl methyl sites for hydroxylation is 2. The van der Waals surface area contributed by atoms with Gasteiger partial charge >= 0.3 is 0 Å². The number of nitrogens with zero attached hydrogens (tertiary/aromatic N) is 3. The zero-order chi connectivity index (χ0) is 13.9. The Morgan fingerprint density at radius 2 is 1.85 bits per heavy atom. The van der Waals surface area contributed by atoms with Crippen molar-refractivity contribution >= 4 is 11.5 Å². The molecule has 0 unspecified atom stereocenters. The molecular formula is C15H14N4O. The van der Waals surface area contributed by atoms with Crippen molar-refractivity contribution in [1.29, 1.82) is 0 Å². The van der Waals surface area contributed by atoms with Gasteiger partial charge in [0.05, 0.1) is 11.3 Å². The molecule has 3 aromatic rings. The Kier molecular flexibility index (Phi) is 3.16. The third-order valence-electron chi connectivity index (χ3n) is 2.96. The molecule has 0 radical (unpaired) electrons. The molecule has 0 saturated carbocycles. The minimum atomic E-state index is 0.613. The summed E-state index contributed by atoms with van der Waals surface area (Å²) in [4.78, 5) is 8.80. The van der Waals surface area contributed by atoms with E-state index in [1.165, 1.54) is 0 Å². The van der Waals surface area contributed by atoms with Crippen molar-refractivity contribution in [2.45, 2.75) is 13.8 Å². The average Bonchev–Trinajstić information content (AvgIpc) is 2.80. The van der Waals surface area contributed by atoms with Crippen molar-refractivity contribution in [2.75, 3.05) is 5.32 Å². The van der Waals surface area contributed by atoms with Crippen molar-refractivity contribution in [2.24, 2.45) is 0 Å². The summed E-state index contributed by atoms with van der Waals surface area (Å²) in [6.07, 6.45) is 1.72. The summed E-state index contributed by atoms with van der Waals surface area (Å²) in [7, 11) is 0. The van der Waals surface area contributed by atoms with Gasteiger partial charge in [-0.15, -0.1) is 0 Å². The first-order chi connectivity index (χ1) is 9.74. The molecule has 5 nitrogen and oxygen atoms in total. The van der Waals surface area contributed by atoms with Gasteiger partial charge in [0.15, 0.2) is 5.82 Å². The predicted molar refractivity (Wildman–Crippen MR) is 76.7 cm³/mol. The van der Waals surface area contributed by atoms with Crippen LogP contribution in [0.3, 0.4) is 0 Å². The molecule has 0 saturated heterocycles. The number of anilines is 2. The van der Waals surface area contributed by atoms with Crippen molar-refractivity contribution in [3.05, 3.63) is 54.0 Å². The van der Waals surface area contributed by atoms with Crippen LogP contribution in [0.25, 0.3) is 11.4 Å². The van der Waals surface area contributed by atoms with E-state index in [2.05, 4.69) is 20.4 Å². The second kappa shape index (κ2) is 5.13. The number of nitrogens with one attached hydrogen (secondary N) is 1. The van der Waals surface area contributed by atoms with Gasteiger partial charge < -0.3 is 9.84 Å². The van der Waals surface area contributed by atoms with E-state index in [9.17, 15) is 0 Å². The number of aromatic nitrogens is 3. The van der Waals surface area contributed by atoms with E-state index in [1.54, 1.807) is 6.20 Å². The molecule has 20 heavy (non-hydrogen) atoms. The van der Waals surface area contributed by atoms with Gasteiger partial charge in [0, 0.05) is 11.9 Å². The molecule has 3 rings (SSSR count). The van der Waals surface area contributed by atoms with Crippen LogP contribution in [0.1, 0.15) is 11.5 Å². The highest BCUT2D eigenvalue weighted by atomic mass is 16.5. The Bertz CT molecular complexity index is 702. The zero-order valence-electron chi connectivity index (χ0n) is 11.3. The number of rotatable bonds is 3. The van der Waals surface area contributed by atoms with Crippen molar-refractivity contribution in [1.82, 2.24) is 15.1 Å². The second-order valence-corrected chi connectivity index (χ2v) is 4.46. The first-order valence-corrected chi connectivity index (χ1v) is 6.32. The lowest BCUT2D eigenvalue weighted by atomic mass is 10.2. The number of hydrogen-bond acceptors (Lipinski definition) is 5. The van der Waals surface area contributed by atoms with E-state index in [0.29, 0.717) is 5.82 Å². The first kappa shape index (κ1) is 12.3. The van der Waals surface area contributed by atoms with Crippen LogP contribution >= 0.6 is 0 Å². The van der Waals surface area contributed by atoms with Gasteiger partial charge in [0.2, 0.25) is 0 Å². The fraction of sp³-hybridized carbons (Fsp3) is 0.133. The third kappa shape index (κ3) is 2.38. The minimum absolute atomic E-state index is 0.613. The molecule has 2 aromatic heterocycles. The monoisotopic (exact) mass is 266 g/mol. The standard InChI is InChI=1S/C15H14N4O/c1-10-14(11(2)20-19-10)15-16-9-8-13(18-15)17-12-6-4-3-5-7-12/h3-9H,1-2H3,(H,16,17,18). The Morgan fingerprint density at radius 1 is 1.05 bits per heavy atom. The topological polar surface area (TPSA) is 63.8 Å². The summed E-state index contributed by atoms with van der Waals surface area (Å²) in [5.74, 6) is 2.07. The molecular weight excluding hydrogens is 252 g/mol. The molecule has 0 aliphatic rings. The van der Waals surface area contributed by atoms with Gasteiger partial charge in [-0.25, -0.2) is 9.97 Å². The molecule has 0 fully saturated rings.